The average molecular weight is 307 g/mol. The second-order valence-electron chi connectivity index (χ2n) is 3.96. The summed E-state index contributed by atoms with van der Waals surface area (Å²) in [5.41, 5.74) is 1.73. The van der Waals surface area contributed by atoms with Crippen molar-refractivity contribution in [3.63, 3.8) is 0 Å². The first-order chi connectivity index (χ1) is 8.70. The zero-order valence-electron chi connectivity index (χ0n) is 10.1. The number of hydrogen-bond acceptors (Lipinski definition) is 2. The number of halogens is 1. The van der Waals surface area contributed by atoms with Crippen molar-refractivity contribution in [2.75, 3.05) is 6.61 Å². The molecule has 0 saturated heterocycles. The number of aliphatic hydroxyl groups is 1. The first-order valence-electron chi connectivity index (χ1n) is 5.87. The van der Waals surface area contributed by atoms with Crippen LogP contribution in [-0.4, -0.2) is 11.7 Å². The second-order valence-corrected chi connectivity index (χ2v) is 4.88. The van der Waals surface area contributed by atoms with E-state index in [1.54, 1.807) is 0 Å². The van der Waals surface area contributed by atoms with Crippen LogP contribution in [0.5, 0.6) is 5.75 Å². The Morgan fingerprint density at radius 2 is 1.83 bits per heavy atom. The fourth-order valence-corrected chi connectivity index (χ4v) is 2.20. The van der Waals surface area contributed by atoms with Gasteiger partial charge >= 0.3 is 0 Å². The average Bonchev–Trinajstić information content (AvgIpc) is 2.39. The van der Waals surface area contributed by atoms with Gasteiger partial charge in [0.2, 0.25) is 0 Å². The number of rotatable bonds is 4. The van der Waals surface area contributed by atoms with Crippen LogP contribution in [0.4, 0.5) is 0 Å². The van der Waals surface area contributed by atoms with Gasteiger partial charge in [0.1, 0.15) is 11.9 Å². The summed E-state index contributed by atoms with van der Waals surface area (Å²) in [6.45, 7) is 2.60. The quantitative estimate of drug-likeness (QED) is 0.927. The fraction of sp³-hybridized carbons (Fsp3) is 0.200. The zero-order valence-corrected chi connectivity index (χ0v) is 11.7. The maximum absolute atomic E-state index is 10.3. The van der Waals surface area contributed by atoms with Gasteiger partial charge in [-0.05, 0) is 42.3 Å². The van der Waals surface area contributed by atoms with Crippen molar-refractivity contribution in [1.82, 2.24) is 0 Å². The topological polar surface area (TPSA) is 29.5 Å². The Kier molecular flexibility index (Phi) is 4.39. The molecule has 2 nitrogen and oxygen atoms in total. The number of aliphatic hydroxyl groups excluding tert-OH is 1. The van der Waals surface area contributed by atoms with E-state index in [0.29, 0.717) is 6.61 Å². The van der Waals surface area contributed by atoms with E-state index in [0.717, 1.165) is 21.3 Å². The summed E-state index contributed by atoms with van der Waals surface area (Å²) in [5, 5.41) is 10.3. The van der Waals surface area contributed by atoms with Crippen LogP contribution in [0.2, 0.25) is 0 Å². The SMILES string of the molecule is CCOc1ccc([C@H](O)c2cccc(Br)c2)cc1. The lowest BCUT2D eigenvalue weighted by atomic mass is 10.0. The van der Waals surface area contributed by atoms with Crippen LogP contribution < -0.4 is 4.74 Å². The van der Waals surface area contributed by atoms with Crippen LogP contribution in [0, 0.1) is 0 Å². The van der Waals surface area contributed by atoms with Gasteiger partial charge in [0.05, 0.1) is 6.61 Å². The standard InChI is InChI=1S/C15H15BrO2/c1-2-18-14-8-6-11(7-9-14)15(17)12-4-3-5-13(16)10-12/h3-10,15,17H,2H2,1H3/t15-/m0/s1. The summed E-state index contributed by atoms with van der Waals surface area (Å²) >= 11 is 3.40. The highest BCUT2D eigenvalue weighted by atomic mass is 79.9. The van der Waals surface area contributed by atoms with Gasteiger partial charge in [-0.15, -0.1) is 0 Å². The minimum absolute atomic E-state index is 0.613. The third-order valence-electron chi connectivity index (χ3n) is 2.67. The third-order valence-corrected chi connectivity index (χ3v) is 3.16. The van der Waals surface area contributed by atoms with Gasteiger partial charge < -0.3 is 9.84 Å². The minimum Gasteiger partial charge on any atom is -0.494 e. The second kappa shape index (κ2) is 6.03. The Hall–Kier alpha value is -1.32. The molecule has 2 aromatic carbocycles. The Balaban J connectivity index is 2.20. The molecule has 2 aromatic rings. The van der Waals surface area contributed by atoms with E-state index in [-0.39, 0.29) is 0 Å². The van der Waals surface area contributed by atoms with Crippen LogP contribution in [0.3, 0.4) is 0 Å². The van der Waals surface area contributed by atoms with Crippen molar-refractivity contribution in [2.45, 2.75) is 13.0 Å². The molecule has 0 unspecified atom stereocenters. The summed E-state index contributed by atoms with van der Waals surface area (Å²) in [4.78, 5) is 0. The van der Waals surface area contributed by atoms with E-state index in [1.165, 1.54) is 0 Å². The van der Waals surface area contributed by atoms with Crippen molar-refractivity contribution in [3.05, 3.63) is 64.1 Å². The van der Waals surface area contributed by atoms with E-state index in [4.69, 9.17) is 4.74 Å². The van der Waals surface area contributed by atoms with E-state index in [9.17, 15) is 5.11 Å². The van der Waals surface area contributed by atoms with Gasteiger partial charge in [-0.1, -0.05) is 40.2 Å². The number of benzene rings is 2. The van der Waals surface area contributed by atoms with Crippen LogP contribution in [-0.2, 0) is 0 Å². The summed E-state index contributed by atoms with van der Waals surface area (Å²) in [6, 6.07) is 15.2. The van der Waals surface area contributed by atoms with Crippen LogP contribution in [0.15, 0.2) is 53.0 Å². The molecule has 0 heterocycles. The van der Waals surface area contributed by atoms with Gasteiger partial charge in [0.15, 0.2) is 0 Å². The zero-order chi connectivity index (χ0) is 13.0. The molecule has 0 aliphatic heterocycles. The highest BCUT2D eigenvalue weighted by molar-refractivity contribution is 9.10. The van der Waals surface area contributed by atoms with Crippen molar-refractivity contribution in [1.29, 1.82) is 0 Å². The molecule has 1 atom stereocenters. The summed E-state index contributed by atoms with van der Waals surface area (Å²) in [7, 11) is 0. The van der Waals surface area contributed by atoms with Gasteiger partial charge in [-0.3, -0.25) is 0 Å². The molecule has 0 aliphatic rings. The van der Waals surface area contributed by atoms with Crippen LogP contribution in [0.1, 0.15) is 24.2 Å². The predicted octanol–water partition coefficient (Wildman–Crippen LogP) is 3.93. The maximum atomic E-state index is 10.3. The highest BCUT2D eigenvalue weighted by Gasteiger charge is 2.10. The van der Waals surface area contributed by atoms with Gasteiger partial charge in [0, 0.05) is 4.47 Å². The monoisotopic (exact) mass is 306 g/mol. The molecule has 0 amide bonds. The lowest BCUT2D eigenvalue weighted by Gasteiger charge is -2.12. The van der Waals surface area contributed by atoms with Crippen molar-refractivity contribution in [2.24, 2.45) is 0 Å². The first-order valence-corrected chi connectivity index (χ1v) is 6.66. The molecule has 3 heteroatoms. The smallest absolute Gasteiger partial charge is 0.119 e. The van der Waals surface area contributed by atoms with E-state index < -0.39 is 6.10 Å². The normalized spacial score (nSPS) is 12.2. The summed E-state index contributed by atoms with van der Waals surface area (Å²) in [6.07, 6.45) is -0.613. The van der Waals surface area contributed by atoms with Gasteiger partial charge in [0.25, 0.3) is 0 Å². The molecule has 0 radical (unpaired) electrons. The lowest BCUT2D eigenvalue weighted by Crippen LogP contribution is -1.99. The van der Waals surface area contributed by atoms with Crippen LogP contribution in [0.25, 0.3) is 0 Å². The van der Waals surface area contributed by atoms with Crippen molar-refractivity contribution >= 4 is 15.9 Å². The van der Waals surface area contributed by atoms with E-state index in [1.807, 2.05) is 55.5 Å². The molecular weight excluding hydrogens is 292 g/mol. The lowest BCUT2D eigenvalue weighted by molar-refractivity contribution is 0.220. The highest BCUT2D eigenvalue weighted by Crippen LogP contribution is 2.25. The Morgan fingerprint density at radius 1 is 1.11 bits per heavy atom. The molecule has 94 valence electrons. The largest absolute Gasteiger partial charge is 0.494 e. The molecule has 0 spiro atoms. The first kappa shape index (κ1) is 13.1. The molecular formula is C15H15BrO2. The van der Waals surface area contributed by atoms with E-state index >= 15 is 0 Å². The molecule has 0 fully saturated rings. The molecule has 2 rings (SSSR count). The molecule has 0 saturated carbocycles. The van der Waals surface area contributed by atoms with E-state index in [2.05, 4.69) is 15.9 Å². The Labute approximate surface area is 115 Å². The van der Waals surface area contributed by atoms with Crippen LogP contribution >= 0.6 is 15.9 Å². The molecule has 18 heavy (non-hydrogen) atoms. The third kappa shape index (κ3) is 3.12. The molecule has 0 aromatic heterocycles. The number of ether oxygens (including phenoxy) is 1. The summed E-state index contributed by atoms with van der Waals surface area (Å²) < 4.78 is 6.34. The molecule has 0 aliphatic carbocycles. The van der Waals surface area contributed by atoms with Gasteiger partial charge in [-0.2, -0.15) is 0 Å². The fourth-order valence-electron chi connectivity index (χ4n) is 1.78. The Bertz CT molecular complexity index is 508. The minimum atomic E-state index is -0.613. The van der Waals surface area contributed by atoms with Gasteiger partial charge in [-0.25, -0.2) is 0 Å². The Morgan fingerprint density at radius 3 is 2.44 bits per heavy atom. The molecule has 1 N–H and O–H groups in total. The van der Waals surface area contributed by atoms with Crippen molar-refractivity contribution in [3.8, 4) is 5.75 Å². The maximum Gasteiger partial charge on any atom is 0.119 e. The number of hydrogen-bond donors (Lipinski definition) is 1. The molecule has 0 bridgehead atoms. The van der Waals surface area contributed by atoms with Crippen molar-refractivity contribution < 1.29 is 9.84 Å². The predicted molar refractivity (Wildman–Crippen MR) is 75.8 cm³/mol. The summed E-state index contributed by atoms with van der Waals surface area (Å²) in [5.74, 6) is 0.822.